The van der Waals surface area contributed by atoms with Crippen molar-refractivity contribution < 1.29 is 29.1 Å². The number of thioether (sulfide) groups is 2. The van der Waals surface area contributed by atoms with Crippen LogP contribution in [0, 0.1) is 0 Å². The second-order valence-electron chi connectivity index (χ2n) is 6.38. The highest BCUT2D eigenvalue weighted by Gasteiger charge is 2.54. The average molecular weight is 514 g/mol. The molecule has 174 valence electrons. The Morgan fingerprint density at radius 3 is 2.85 bits per heavy atom. The maximum absolute atomic E-state index is 12.9. The van der Waals surface area contributed by atoms with Gasteiger partial charge in [-0.15, -0.1) is 28.2 Å². The van der Waals surface area contributed by atoms with Crippen molar-refractivity contribution in [2.45, 2.75) is 17.2 Å². The van der Waals surface area contributed by atoms with Gasteiger partial charge in [-0.3, -0.25) is 14.5 Å². The number of carbonyl (C=O) groups excluding carboxylic acids is 2. The van der Waals surface area contributed by atoms with Gasteiger partial charge in [0.2, 0.25) is 11.0 Å². The molecule has 2 amide bonds. The number of oxime groups is 1. The summed E-state index contributed by atoms with van der Waals surface area (Å²) in [5.41, 5.74) is 5.67. The van der Waals surface area contributed by atoms with Gasteiger partial charge in [-0.2, -0.15) is 0 Å². The van der Waals surface area contributed by atoms with Gasteiger partial charge in [0.25, 0.3) is 11.8 Å². The predicted molar refractivity (Wildman–Crippen MR) is 116 cm³/mol. The number of nitrogens with one attached hydrogen (secondary N) is 1. The van der Waals surface area contributed by atoms with Crippen LogP contribution in [0.1, 0.15) is 5.69 Å². The van der Waals surface area contributed by atoms with Crippen LogP contribution in [0.4, 0.5) is 9.93 Å². The van der Waals surface area contributed by atoms with Crippen LogP contribution in [0.3, 0.4) is 0 Å². The average Bonchev–Trinajstić information content (AvgIpc) is 3.38. The number of carboxylic acid groups (broad SMARTS) is 1. The Morgan fingerprint density at radius 2 is 2.24 bits per heavy atom. The molecule has 2 aliphatic heterocycles. The molecule has 1 saturated heterocycles. The number of fused-ring (bicyclic) bond motifs is 1. The molecule has 0 spiro atoms. The molecule has 15 nitrogen and oxygen atoms in total. The summed E-state index contributed by atoms with van der Waals surface area (Å²) >= 11 is 3.43. The Hall–Kier alpha value is -3.38. The lowest BCUT2D eigenvalue weighted by Crippen LogP contribution is -2.72. The van der Waals surface area contributed by atoms with Gasteiger partial charge in [-0.1, -0.05) is 5.16 Å². The standard InChI is InChI=1S/C15H15N9O6S3/c1-23-14(19-21-22-23)33-12-11(30-15(27)28)24-6(4-31-12)8(10(24)26)18-9(25)7(20-29-2)5-3-32-13(16)17-5/h3,6,8H,4H2,1-2H3,(H2,16,17)(H,18,25)(H,27,28). The number of aromatic nitrogens is 5. The monoisotopic (exact) mass is 513 g/mol. The van der Waals surface area contributed by atoms with Crippen molar-refractivity contribution in [3.05, 3.63) is 21.2 Å². The zero-order chi connectivity index (χ0) is 23.7. The van der Waals surface area contributed by atoms with Crippen molar-refractivity contribution in [2.24, 2.45) is 12.2 Å². The zero-order valence-corrected chi connectivity index (χ0v) is 19.3. The fourth-order valence-corrected chi connectivity index (χ4v) is 5.76. The van der Waals surface area contributed by atoms with Gasteiger partial charge in [0, 0.05) is 18.2 Å². The summed E-state index contributed by atoms with van der Waals surface area (Å²) in [7, 11) is 2.88. The van der Waals surface area contributed by atoms with E-state index in [2.05, 4.69) is 31.0 Å². The summed E-state index contributed by atoms with van der Waals surface area (Å²) in [5, 5.41) is 28.7. The lowest BCUT2D eigenvalue weighted by molar-refractivity contribution is -0.151. The van der Waals surface area contributed by atoms with Gasteiger partial charge in [0.15, 0.2) is 10.8 Å². The van der Waals surface area contributed by atoms with E-state index < -0.39 is 30.1 Å². The number of β-lactam (4-membered cyclic amide) rings is 1. The predicted octanol–water partition coefficient (Wildman–Crippen LogP) is -0.345. The number of nitrogens with zero attached hydrogens (tertiary/aromatic N) is 7. The van der Waals surface area contributed by atoms with Gasteiger partial charge in [-0.25, -0.2) is 14.5 Å². The number of nitrogen functional groups attached to an aromatic ring is 1. The molecule has 0 radical (unpaired) electrons. The number of rotatable bonds is 7. The third-order valence-corrected chi connectivity index (χ3v) is 7.51. The van der Waals surface area contributed by atoms with Crippen molar-refractivity contribution in [1.82, 2.24) is 35.4 Å². The Bertz CT molecular complexity index is 1180. The maximum atomic E-state index is 12.9. The van der Waals surface area contributed by atoms with Crippen LogP contribution in [-0.4, -0.2) is 83.8 Å². The molecule has 4 N–H and O–H groups in total. The highest BCUT2D eigenvalue weighted by atomic mass is 32.2. The smallest absolute Gasteiger partial charge is 0.449 e. The number of aryl methyl sites for hydroxylation is 1. The lowest BCUT2D eigenvalue weighted by Gasteiger charge is -2.49. The van der Waals surface area contributed by atoms with Crippen LogP contribution in [0.25, 0.3) is 0 Å². The van der Waals surface area contributed by atoms with E-state index in [0.29, 0.717) is 15.1 Å². The summed E-state index contributed by atoms with van der Waals surface area (Å²) < 4.78 is 6.70. The molecule has 0 aliphatic carbocycles. The summed E-state index contributed by atoms with van der Waals surface area (Å²) in [5.74, 6) is -1.05. The van der Waals surface area contributed by atoms with Gasteiger partial charge >= 0.3 is 6.16 Å². The molecule has 18 heteroatoms. The fourth-order valence-electron chi connectivity index (χ4n) is 2.98. The highest BCUT2D eigenvalue weighted by molar-refractivity contribution is 8.22. The van der Waals surface area contributed by atoms with Gasteiger partial charge in [-0.05, 0) is 22.2 Å². The largest absolute Gasteiger partial charge is 0.512 e. The van der Waals surface area contributed by atoms with Crippen molar-refractivity contribution in [2.75, 3.05) is 18.6 Å². The van der Waals surface area contributed by atoms with E-state index in [9.17, 15) is 19.5 Å². The fraction of sp³-hybridized carbons (Fsp3) is 0.333. The van der Waals surface area contributed by atoms with E-state index in [0.717, 1.165) is 23.1 Å². The Morgan fingerprint density at radius 1 is 1.45 bits per heavy atom. The normalized spacial score (nSPS) is 20.2. The number of anilines is 1. The first-order valence-electron chi connectivity index (χ1n) is 8.94. The topological polar surface area (TPSA) is 200 Å². The summed E-state index contributed by atoms with van der Waals surface area (Å²) in [6.45, 7) is 0. The maximum Gasteiger partial charge on any atom is 0.512 e. The van der Waals surface area contributed by atoms with Crippen LogP contribution in [0.15, 0.2) is 25.8 Å². The molecule has 2 atom stereocenters. The third kappa shape index (κ3) is 4.44. The molecule has 4 heterocycles. The number of hydrogen-bond acceptors (Lipinski definition) is 14. The van der Waals surface area contributed by atoms with Crippen LogP contribution in [-0.2, 0) is 26.2 Å². The Balaban J connectivity index is 1.54. The molecule has 0 saturated carbocycles. The first-order chi connectivity index (χ1) is 15.8. The third-order valence-electron chi connectivity index (χ3n) is 4.40. The highest BCUT2D eigenvalue weighted by Crippen LogP contribution is 2.45. The number of thiazole rings is 1. The second-order valence-corrected chi connectivity index (χ2v) is 9.53. The minimum absolute atomic E-state index is 0.149. The van der Waals surface area contributed by atoms with Crippen LogP contribution in [0.5, 0.6) is 0 Å². The number of tetrazole rings is 1. The van der Waals surface area contributed by atoms with E-state index in [1.165, 1.54) is 33.8 Å². The minimum Gasteiger partial charge on any atom is -0.449 e. The Kier molecular flexibility index (Phi) is 6.38. The lowest BCUT2D eigenvalue weighted by atomic mass is 9.96. The second kappa shape index (κ2) is 9.24. The van der Waals surface area contributed by atoms with Gasteiger partial charge in [0.05, 0.1) is 6.04 Å². The van der Waals surface area contributed by atoms with E-state index >= 15 is 0 Å². The molecule has 4 rings (SSSR count). The number of amides is 2. The SMILES string of the molecule is CON=C(C(=O)NC1C(=O)N2C(OC(=O)O)=C(Sc3nnnn3C)SCC12)c1csc(N)n1. The van der Waals surface area contributed by atoms with Crippen molar-refractivity contribution in [3.8, 4) is 0 Å². The summed E-state index contributed by atoms with van der Waals surface area (Å²) in [6, 6.07) is -1.48. The van der Waals surface area contributed by atoms with Crippen molar-refractivity contribution in [1.29, 1.82) is 0 Å². The summed E-state index contributed by atoms with van der Waals surface area (Å²) in [4.78, 5) is 46.9. The van der Waals surface area contributed by atoms with Crippen LogP contribution in [0.2, 0.25) is 0 Å². The van der Waals surface area contributed by atoms with Crippen LogP contribution >= 0.6 is 34.9 Å². The molecule has 1 fully saturated rings. The van der Waals surface area contributed by atoms with E-state index in [4.69, 9.17) is 15.3 Å². The zero-order valence-electron chi connectivity index (χ0n) is 16.9. The first kappa shape index (κ1) is 22.8. The quantitative estimate of drug-likeness (QED) is 0.188. The molecule has 33 heavy (non-hydrogen) atoms. The molecular weight excluding hydrogens is 498 g/mol. The molecule has 2 aromatic heterocycles. The van der Waals surface area contributed by atoms with Gasteiger partial charge in [0.1, 0.15) is 23.1 Å². The van der Waals surface area contributed by atoms with Crippen LogP contribution < -0.4 is 11.1 Å². The molecule has 0 bridgehead atoms. The number of nitrogens with two attached hydrogens (primary N) is 1. The minimum atomic E-state index is -1.59. The number of hydrogen-bond donors (Lipinski definition) is 3. The summed E-state index contributed by atoms with van der Waals surface area (Å²) in [6.07, 6.45) is -1.59. The van der Waals surface area contributed by atoms with E-state index in [1.54, 1.807) is 7.05 Å². The van der Waals surface area contributed by atoms with E-state index in [-0.39, 0.29) is 22.4 Å². The molecule has 2 aliphatic rings. The molecule has 0 aromatic carbocycles. The molecule has 2 aromatic rings. The van der Waals surface area contributed by atoms with Crippen molar-refractivity contribution >= 4 is 63.7 Å². The Labute approximate surface area is 197 Å². The molecule has 2 unspecified atom stereocenters. The first-order valence-corrected chi connectivity index (χ1v) is 11.6. The molecular formula is C15H15N9O6S3. The van der Waals surface area contributed by atoms with E-state index in [1.807, 2.05) is 0 Å². The number of carbonyl (C=O) groups is 3. The van der Waals surface area contributed by atoms with Gasteiger partial charge < -0.3 is 25.7 Å². The van der Waals surface area contributed by atoms with Crippen molar-refractivity contribution in [3.63, 3.8) is 0 Å². The number of ether oxygens (including phenoxy) is 1.